The fraction of sp³-hybridized carbons (Fsp3) is 0.650. The van der Waals surface area contributed by atoms with Crippen molar-refractivity contribution in [2.75, 3.05) is 19.6 Å². The van der Waals surface area contributed by atoms with E-state index in [9.17, 15) is 4.79 Å². The Morgan fingerprint density at radius 2 is 1.48 bits per heavy atom. The zero-order chi connectivity index (χ0) is 15.6. The van der Waals surface area contributed by atoms with E-state index in [0.717, 1.165) is 13.0 Å². The summed E-state index contributed by atoms with van der Waals surface area (Å²) in [5, 5.41) is 0. The highest BCUT2D eigenvalue weighted by Gasteiger charge is 2.42. The fourth-order valence-corrected chi connectivity index (χ4v) is 4.98. The summed E-state index contributed by atoms with van der Waals surface area (Å²) >= 11 is 0. The Labute approximate surface area is 139 Å². The molecule has 0 N–H and O–H groups in total. The van der Waals surface area contributed by atoms with E-state index in [4.69, 9.17) is 0 Å². The van der Waals surface area contributed by atoms with Crippen LogP contribution in [0.15, 0.2) is 30.3 Å². The van der Waals surface area contributed by atoms with Gasteiger partial charge in [0.05, 0.1) is 5.92 Å². The van der Waals surface area contributed by atoms with E-state index in [1.54, 1.807) is 0 Å². The summed E-state index contributed by atoms with van der Waals surface area (Å²) < 4.78 is 0. The molecule has 0 unspecified atom stereocenters. The van der Waals surface area contributed by atoms with E-state index in [2.05, 4.69) is 34.1 Å². The van der Waals surface area contributed by atoms with E-state index >= 15 is 0 Å². The maximum absolute atomic E-state index is 13.1. The lowest BCUT2D eigenvalue weighted by Crippen LogP contribution is -2.53. The number of carbonyl (C=O) groups excluding carboxylic acids is 1. The lowest BCUT2D eigenvalue weighted by Gasteiger charge is -2.42. The molecule has 0 radical (unpaired) electrons. The van der Waals surface area contributed by atoms with E-state index in [-0.39, 0.29) is 5.92 Å². The zero-order valence-corrected chi connectivity index (χ0v) is 14.0. The normalized spacial score (nSPS) is 32.6. The molecule has 2 heterocycles. The smallest absolute Gasteiger partial charge is 0.230 e. The predicted octanol–water partition coefficient (Wildman–Crippen LogP) is 3.41. The molecule has 2 saturated heterocycles. The largest absolute Gasteiger partial charge is 0.338 e. The number of amides is 1. The van der Waals surface area contributed by atoms with Crippen LogP contribution in [0.3, 0.4) is 0 Å². The van der Waals surface area contributed by atoms with Crippen molar-refractivity contribution in [3.8, 4) is 0 Å². The maximum Gasteiger partial charge on any atom is 0.230 e. The van der Waals surface area contributed by atoms with Gasteiger partial charge in [0.15, 0.2) is 0 Å². The van der Waals surface area contributed by atoms with Crippen LogP contribution in [0.25, 0.3) is 0 Å². The first-order valence-electron chi connectivity index (χ1n) is 9.44. The molecule has 0 bridgehead atoms. The number of benzene rings is 1. The van der Waals surface area contributed by atoms with Gasteiger partial charge in [0.2, 0.25) is 5.91 Å². The minimum atomic E-state index is 0.0948. The number of hydrogen-bond donors (Lipinski definition) is 0. The van der Waals surface area contributed by atoms with Gasteiger partial charge in [-0.05, 0) is 50.8 Å². The van der Waals surface area contributed by atoms with Crippen molar-refractivity contribution in [2.24, 2.45) is 0 Å². The van der Waals surface area contributed by atoms with Gasteiger partial charge >= 0.3 is 0 Å². The molecule has 1 aliphatic carbocycles. The van der Waals surface area contributed by atoms with Gasteiger partial charge in [0.25, 0.3) is 0 Å². The van der Waals surface area contributed by atoms with Crippen LogP contribution in [-0.4, -0.2) is 47.4 Å². The molecular weight excluding hydrogens is 284 g/mol. The SMILES string of the molecule is O=C1[C@@H](c2ccccc2)CCN1[C@H]1CCCC[C@@H]1N1CCCC1. The third-order valence-corrected chi connectivity index (χ3v) is 6.15. The topological polar surface area (TPSA) is 23.6 Å². The number of nitrogens with zero attached hydrogens (tertiary/aromatic N) is 2. The molecule has 3 fully saturated rings. The first-order chi connectivity index (χ1) is 11.3. The Morgan fingerprint density at radius 1 is 0.783 bits per heavy atom. The summed E-state index contributed by atoms with van der Waals surface area (Å²) in [7, 11) is 0. The molecule has 3 atom stereocenters. The third-order valence-electron chi connectivity index (χ3n) is 6.15. The van der Waals surface area contributed by atoms with Gasteiger partial charge in [-0.3, -0.25) is 9.69 Å². The quantitative estimate of drug-likeness (QED) is 0.854. The highest BCUT2D eigenvalue weighted by molar-refractivity contribution is 5.86. The summed E-state index contributed by atoms with van der Waals surface area (Å²) in [5.74, 6) is 0.477. The van der Waals surface area contributed by atoms with Crippen molar-refractivity contribution in [1.29, 1.82) is 0 Å². The minimum Gasteiger partial charge on any atom is -0.338 e. The minimum absolute atomic E-state index is 0.0948. The Bertz CT molecular complexity index is 538. The Balaban J connectivity index is 1.51. The molecule has 1 aromatic carbocycles. The van der Waals surface area contributed by atoms with Crippen molar-refractivity contribution in [1.82, 2.24) is 9.80 Å². The summed E-state index contributed by atoms with van der Waals surface area (Å²) in [6.45, 7) is 3.43. The van der Waals surface area contributed by atoms with E-state index < -0.39 is 0 Å². The lowest BCUT2D eigenvalue weighted by atomic mass is 9.88. The van der Waals surface area contributed by atoms with E-state index in [1.807, 2.05) is 6.07 Å². The first-order valence-corrected chi connectivity index (χ1v) is 9.44. The van der Waals surface area contributed by atoms with Crippen LogP contribution in [0.4, 0.5) is 0 Å². The molecule has 23 heavy (non-hydrogen) atoms. The molecular formula is C20H28N2O. The van der Waals surface area contributed by atoms with Crippen molar-refractivity contribution >= 4 is 5.91 Å². The Hall–Kier alpha value is -1.35. The molecule has 0 aromatic heterocycles. The molecule has 1 amide bonds. The second-order valence-corrected chi connectivity index (χ2v) is 7.45. The van der Waals surface area contributed by atoms with Gasteiger partial charge < -0.3 is 4.90 Å². The van der Waals surface area contributed by atoms with Gasteiger partial charge in [-0.2, -0.15) is 0 Å². The van der Waals surface area contributed by atoms with Crippen LogP contribution >= 0.6 is 0 Å². The standard InChI is InChI=1S/C20H28N2O/c23-20-17(16-8-2-1-3-9-16)12-15-22(20)19-11-5-4-10-18(19)21-13-6-7-14-21/h1-3,8-9,17-19H,4-7,10-15H2/t17-,18+,19+/m1/s1. The fourth-order valence-electron chi connectivity index (χ4n) is 4.98. The summed E-state index contributed by atoms with van der Waals surface area (Å²) in [4.78, 5) is 18.0. The van der Waals surface area contributed by atoms with Crippen molar-refractivity contribution < 1.29 is 4.79 Å². The second-order valence-electron chi connectivity index (χ2n) is 7.45. The summed E-state index contributed by atoms with van der Waals surface area (Å²) in [5.41, 5.74) is 1.20. The van der Waals surface area contributed by atoms with E-state index in [1.165, 1.54) is 57.2 Å². The van der Waals surface area contributed by atoms with Crippen molar-refractivity contribution in [2.45, 2.75) is 62.9 Å². The number of likely N-dealkylation sites (tertiary alicyclic amines) is 2. The van der Waals surface area contributed by atoms with E-state index in [0.29, 0.717) is 18.0 Å². The molecule has 4 rings (SSSR count). The predicted molar refractivity (Wildman–Crippen MR) is 92.4 cm³/mol. The zero-order valence-electron chi connectivity index (χ0n) is 14.0. The van der Waals surface area contributed by atoms with Crippen LogP contribution in [0.1, 0.15) is 56.4 Å². The Morgan fingerprint density at radius 3 is 2.22 bits per heavy atom. The molecule has 3 nitrogen and oxygen atoms in total. The van der Waals surface area contributed by atoms with Gasteiger partial charge in [0, 0.05) is 18.6 Å². The van der Waals surface area contributed by atoms with Crippen LogP contribution in [-0.2, 0) is 4.79 Å². The molecule has 3 aliphatic rings. The van der Waals surface area contributed by atoms with Gasteiger partial charge in [-0.15, -0.1) is 0 Å². The van der Waals surface area contributed by atoms with Crippen LogP contribution in [0.2, 0.25) is 0 Å². The highest BCUT2D eigenvalue weighted by atomic mass is 16.2. The van der Waals surface area contributed by atoms with Gasteiger partial charge in [-0.25, -0.2) is 0 Å². The molecule has 3 heteroatoms. The lowest BCUT2D eigenvalue weighted by molar-refractivity contribution is -0.133. The van der Waals surface area contributed by atoms with Crippen LogP contribution in [0, 0.1) is 0 Å². The number of hydrogen-bond acceptors (Lipinski definition) is 2. The van der Waals surface area contributed by atoms with Crippen LogP contribution < -0.4 is 0 Å². The molecule has 124 valence electrons. The number of carbonyl (C=O) groups is 1. The first kappa shape index (κ1) is 15.2. The summed E-state index contributed by atoms with van der Waals surface area (Å²) in [6.07, 6.45) is 8.77. The molecule has 1 aromatic rings. The third kappa shape index (κ3) is 2.91. The Kier molecular flexibility index (Phi) is 4.39. The molecule has 0 spiro atoms. The van der Waals surface area contributed by atoms with Crippen molar-refractivity contribution in [3.63, 3.8) is 0 Å². The average molecular weight is 312 g/mol. The van der Waals surface area contributed by atoms with Gasteiger partial charge in [0.1, 0.15) is 0 Å². The van der Waals surface area contributed by atoms with Crippen LogP contribution in [0.5, 0.6) is 0 Å². The number of rotatable bonds is 3. The highest BCUT2D eigenvalue weighted by Crippen LogP contribution is 2.36. The maximum atomic E-state index is 13.1. The van der Waals surface area contributed by atoms with Crippen molar-refractivity contribution in [3.05, 3.63) is 35.9 Å². The molecule has 2 aliphatic heterocycles. The van der Waals surface area contributed by atoms with Gasteiger partial charge in [-0.1, -0.05) is 43.2 Å². The second kappa shape index (κ2) is 6.64. The monoisotopic (exact) mass is 312 g/mol. The average Bonchev–Trinajstić information content (AvgIpc) is 3.25. The summed E-state index contributed by atoms with van der Waals surface area (Å²) in [6, 6.07) is 11.5. The molecule has 1 saturated carbocycles.